The van der Waals surface area contributed by atoms with Crippen LogP contribution in [-0.2, 0) is 4.79 Å². The topological polar surface area (TPSA) is 56.8 Å². The molecule has 120 valence electrons. The molecule has 2 rings (SSSR count). The van der Waals surface area contributed by atoms with Gasteiger partial charge in [0.05, 0.1) is 14.2 Å². The summed E-state index contributed by atoms with van der Waals surface area (Å²) < 4.78 is 15.8. The Balaban J connectivity index is 1.81. The Kier molecular flexibility index (Phi) is 6.13. The number of carbonyl (C=O) groups is 1. The quantitative estimate of drug-likeness (QED) is 0.787. The number of ether oxygens (including phenoxy) is 3. The molecule has 0 spiro atoms. The van der Waals surface area contributed by atoms with Crippen molar-refractivity contribution in [2.75, 3.05) is 27.4 Å². The van der Waals surface area contributed by atoms with Gasteiger partial charge in [0.1, 0.15) is 17.2 Å². The second-order valence-corrected chi connectivity index (χ2v) is 5.22. The highest BCUT2D eigenvalue weighted by Gasteiger charge is 2.08. The van der Waals surface area contributed by atoms with Crippen molar-refractivity contribution in [3.05, 3.63) is 29.8 Å². The summed E-state index contributed by atoms with van der Waals surface area (Å²) in [5.41, 5.74) is 1.31. The number of carbonyl (C=O) groups excluding carboxylic acids is 1. The van der Waals surface area contributed by atoms with Crippen LogP contribution in [0.3, 0.4) is 0 Å². The molecule has 1 aliphatic rings. The number of amides is 1. The van der Waals surface area contributed by atoms with Crippen molar-refractivity contribution < 1.29 is 19.0 Å². The number of hydrogen-bond donors (Lipinski definition) is 1. The normalized spacial score (nSPS) is 14.0. The van der Waals surface area contributed by atoms with E-state index in [1.807, 2.05) is 0 Å². The van der Waals surface area contributed by atoms with Crippen LogP contribution in [0.1, 0.15) is 25.7 Å². The molecule has 0 atom stereocenters. The van der Waals surface area contributed by atoms with Gasteiger partial charge in [-0.15, -0.1) is 0 Å². The lowest BCUT2D eigenvalue weighted by atomic mass is 10.00. The van der Waals surface area contributed by atoms with Gasteiger partial charge in [-0.3, -0.25) is 4.79 Å². The smallest absolute Gasteiger partial charge is 0.258 e. The molecule has 5 heteroatoms. The summed E-state index contributed by atoms with van der Waals surface area (Å²) in [6.07, 6.45) is 6.87. The molecular formula is C17H23NO4. The first-order chi connectivity index (χ1) is 10.7. The van der Waals surface area contributed by atoms with E-state index in [9.17, 15) is 4.79 Å². The summed E-state index contributed by atoms with van der Waals surface area (Å²) in [6.45, 7) is 0.591. The van der Waals surface area contributed by atoms with Gasteiger partial charge in [-0.25, -0.2) is 0 Å². The van der Waals surface area contributed by atoms with Crippen molar-refractivity contribution in [1.82, 2.24) is 5.32 Å². The predicted molar refractivity (Wildman–Crippen MR) is 84.6 cm³/mol. The van der Waals surface area contributed by atoms with Crippen LogP contribution in [0.4, 0.5) is 0 Å². The predicted octanol–water partition coefficient (Wildman–Crippen LogP) is 2.70. The Morgan fingerprint density at radius 3 is 2.36 bits per heavy atom. The fraction of sp³-hybridized carbons (Fsp3) is 0.471. The maximum Gasteiger partial charge on any atom is 0.258 e. The minimum Gasteiger partial charge on any atom is -0.496 e. The van der Waals surface area contributed by atoms with Crippen LogP contribution in [-0.4, -0.2) is 33.3 Å². The number of allylic oxidation sites excluding steroid dienone is 1. The molecule has 1 aliphatic carbocycles. The van der Waals surface area contributed by atoms with E-state index in [4.69, 9.17) is 14.2 Å². The Bertz CT molecular complexity index is 517. The highest BCUT2D eigenvalue weighted by molar-refractivity contribution is 5.77. The zero-order chi connectivity index (χ0) is 15.8. The van der Waals surface area contributed by atoms with Crippen molar-refractivity contribution in [2.45, 2.75) is 25.7 Å². The maximum absolute atomic E-state index is 11.8. The van der Waals surface area contributed by atoms with E-state index in [1.165, 1.54) is 18.4 Å². The van der Waals surface area contributed by atoms with E-state index in [1.54, 1.807) is 32.4 Å². The van der Waals surface area contributed by atoms with Gasteiger partial charge in [-0.05, 0) is 25.7 Å². The number of methoxy groups -OCH3 is 2. The van der Waals surface area contributed by atoms with Crippen molar-refractivity contribution in [2.24, 2.45) is 0 Å². The third kappa shape index (κ3) is 4.98. The maximum atomic E-state index is 11.8. The molecule has 0 bridgehead atoms. The van der Waals surface area contributed by atoms with Crippen molar-refractivity contribution >= 4 is 5.91 Å². The molecule has 0 aliphatic heterocycles. The molecule has 0 unspecified atom stereocenters. The van der Waals surface area contributed by atoms with Crippen LogP contribution in [0.25, 0.3) is 0 Å². The van der Waals surface area contributed by atoms with Gasteiger partial charge in [0.25, 0.3) is 5.91 Å². The zero-order valence-electron chi connectivity index (χ0n) is 13.2. The second-order valence-electron chi connectivity index (χ2n) is 5.22. The number of rotatable bonds is 7. The average Bonchev–Trinajstić information content (AvgIpc) is 2.58. The summed E-state index contributed by atoms with van der Waals surface area (Å²) in [6, 6.07) is 5.20. The molecule has 0 radical (unpaired) electrons. The Hall–Kier alpha value is -2.17. The third-order valence-corrected chi connectivity index (χ3v) is 3.59. The highest BCUT2D eigenvalue weighted by atomic mass is 16.5. The van der Waals surface area contributed by atoms with E-state index in [0.29, 0.717) is 23.8 Å². The molecule has 5 nitrogen and oxygen atoms in total. The van der Waals surface area contributed by atoms with Gasteiger partial charge in [0, 0.05) is 24.7 Å². The fourth-order valence-corrected chi connectivity index (χ4v) is 2.34. The molecular weight excluding hydrogens is 282 g/mol. The lowest BCUT2D eigenvalue weighted by molar-refractivity contribution is -0.122. The van der Waals surface area contributed by atoms with Gasteiger partial charge in [0.2, 0.25) is 0 Å². The van der Waals surface area contributed by atoms with Gasteiger partial charge in [-0.2, -0.15) is 0 Å². The number of benzene rings is 1. The third-order valence-electron chi connectivity index (χ3n) is 3.59. The SMILES string of the molecule is COc1cc(OC)cc(OCC(=O)NCC2=CCCCC2)c1. The Morgan fingerprint density at radius 1 is 1.09 bits per heavy atom. The highest BCUT2D eigenvalue weighted by Crippen LogP contribution is 2.27. The molecule has 0 aromatic heterocycles. The summed E-state index contributed by atoms with van der Waals surface area (Å²) >= 11 is 0. The standard InChI is InChI=1S/C17H23NO4/c1-20-14-8-15(21-2)10-16(9-14)22-12-17(19)18-11-13-6-4-3-5-7-13/h6,8-10H,3-5,7,11-12H2,1-2H3,(H,18,19). The Labute approximate surface area is 131 Å². The lowest BCUT2D eigenvalue weighted by Crippen LogP contribution is -2.30. The van der Waals surface area contributed by atoms with Gasteiger partial charge in [0.15, 0.2) is 6.61 Å². The molecule has 1 N–H and O–H groups in total. The molecule has 0 saturated heterocycles. The summed E-state index contributed by atoms with van der Waals surface area (Å²) in [4.78, 5) is 11.8. The van der Waals surface area contributed by atoms with Crippen LogP contribution < -0.4 is 19.5 Å². The van der Waals surface area contributed by atoms with E-state index < -0.39 is 0 Å². The van der Waals surface area contributed by atoms with Crippen LogP contribution in [0, 0.1) is 0 Å². The Morgan fingerprint density at radius 2 is 1.77 bits per heavy atom. The van der Waals surface area contributed by atoms with Crippen molar-refractivity contribution in [1.29, 1.82) is 0 Å². The molecule has 22 heavy (non-hydrogen) atoms. The van der Waals surface area contributed by atoms with Crippen LogP contribution in [0.5, 0.6) is 17.2 Å². The van der Waals surface area contributed by atoms with E-state index in [-0.39, 0.29) is 12.5 Å². The van der Waals surface area contributed by atoms with Gasteiger partial charge >= 0.3 is 0 Å². The largest absolute Gasteiger partial charge is 0.496 e. The summed E-state index contributed by atoms with van der Waals surface area (Å²) in [5.74, 6) is 1.67. The van der Waals surface area contributed by atoms with Crippen LogP contribution in [0.15, 0.2) is 29.8 Å². The minimum absolute atomic E-state index is 0.0242. The zero-order valence-corrected chi connectivity index (χ0v) is 13.2. The first-order valence-corrected chi connectivity index (χ1v) is 7.51. The van der Waals surface area contributed by atoms with E-state index in [2.05, 4.69) is 11.4 Å². The molecule has 1 aromatic rings. The first kappa shape index (κ1) is 16.2. The van der Waals surface area contributed by atoms with Gasteiger partial charge < -0.3 is 19.5 Å². The molecule has 1 amide bonds. The van der Waals surface area contributed by atoms with E-state index >= 15 is 0 Å². The minimum atomic E-state index is -0.131. The molecule has 0 heterocycles. The van der Waals surface area contributed by atoms with Crippen molar-refractivity contribution in [3.63, 3.8) is 0 Å². The molecule has 0 fully saturated rings. The summed E-state index contributed by atoms with van der Waals surface area (Å²) in [7, 11) is 3.15. The fourth-order valence-electron chi connectivity index (χ4n) is 2.34. The van der Waals surface area contributed by atoms with Crippen LogP contribution >= 0.6 is 0 Å². The molecule has 0 saturated carbocycles. The number of nitrogens with one attached hydrogen (secondary N) is 1. The average molecular weight is 305 g/mol. The van der Waals surface area contributed by atoms with Crippen LogP contribution in [0.2, 0.25) is 0 Å². The lowest BCUT2D eigenvalue weighted by Gasteiger charge is -2.14. The second kappa shape index (κ2) is 8.32. The van der Waals surface area contributed by atoms with Gasteiger partial charge in [-0.1, -0.05) is 11.6 Å². The molecule has 1 aromatic carbocycles. The van der Waals surface area contributed by atoms with E-state index in [0.717, 1.165) is 12.8 Å². The first-order valence-electron chi connectivity index (χ1n) is 7.51. The van der Waals surface area contributed by atoms with Crippen molar-refractivity contribution in [3.8, 4) is 17.2 Å². The number of hydrogen-bond acceptors (Lipinski definition) is 4. The monoisotopic (exact) mass is 305 g/mol. The summed E-state index contributed by atoms with van der Waals surface area (Å²) in [5, 5.41) is 2.89.